The Balaban J connectivity index is 0.000000490. The Morgan fingerprint density at radius 2 is 2.25 bits per heavy atom. The molecule has 0 aromatic rings. The van der Waals surface area contributed by atoms with Crippen molar-refractivity contribution in [2.24, 2.45) is 0 Å². The minimum absolute atomic E-state index is 0. The second-order valence-electron chi connectivity index (χ2n) is 1.93. The predicted octanol–water partition coefficient (Wildman–Crippen LogP) is 1.08. The van der Waals surface area contributed by atoms with Crippen molar-refractivity contribution in [3.05, 3.63) is 12.2 Å². The molecule has 1 aliphatic rings. The quantitative estimate of drug-likeness (QED) is 0.400. The molecule has 0 aliphatic heterocycles. The Kier molecular flexibility index (Phi) is 4.53. The van der Waals surface area contributed by atoms with Gasteiger partial charge in [-0.15, -0.1) is 0 Å². The van der Waals surface area contributed by atoms with Crippen LogP contribution in [0.25, 0.3) is 0 Å². The zero-order valence-corrected chi connectivity index (χ0v) is 6.36. The first-order valence-electron chi connectivity index (χ1n) is 2.74. The minimum atomic E-state index is -0.145. The molecular formula is C6H10OTi. The first-order chi connectivity index (χ1) is 3.39. The van der Waals surface area contributed by atoms with Gasteiger partial charge in [0.15, 0.2) is 0 Å². The number of aliphatic hydroxyl groups excluding tert-OH is 1. The largest absolute Gasteiger partial charge is 0.389 e. The summed E-state index contributed by atoms with van der Waals surface area (Å²) in [5.41, 5.74) is 0. The molecule has 1 rings (SSSR count). The Morgan fingerprint density at radius 1 is 1.50 bits per heavy atom. The van der Waals surface area contributed by atoms with Crippen molar-refractivity contribution >= 4 is 0 Å². The Bertz CT molecular complexity index is 80.6. The molecule has 0 saturated carbocycles. The Morgan fingerprint density at radius 3 is 2.50 bits per heavy atom. The van der Waals surface area contributed by atoms with Crippen molar-refractivity contribution in [2.75, 3.05) is 0 Å². The molecule has 0 aromatic carbocycles. The summed E-state index contributed by atoms with van der Waals surface area (Å²) in [6, 6.07) is 0. The van der Waals surface area contributed by atoms with Gasteiger partial charge in [0.05, 0.1) is 6.10 Å². The maximum atomic E-state index is 8.82. The van der Waals surface area contributed by atoms with E-state index in [0.29, 0.717) is 0 Å². The van der Waals surface area contributed by atoms with Crippen LogP contribution in [0.4, 0.5) is 0 Å². The van der Waals surface area contributed by atoms with E-state index in [-0.39, 0.29) is 27.8 Å². The van der Waals surface area contributed by atoms with Crippen molar-refractivity contribution in [1.82, 2.24) is 0 Å². The average molecular weight is 146 g/mol. The summed E-state index contributed by atoms with van der Waals surface area (Å²) in [7, 11) is 0. The van der Waals surface area contributed by atoms with Crippen molar-refractivity contribution < 1.29 is 26.8 Å². The Labute approximate surface area is 64.7 Å². The number of hydrogen-bond donors (Lipinski definition) is 1. The third-order valence-corrected chi connectivity index (χ3v) is 1.23. The molecule has 8 heavy (non-hydrogen) atoms. The second-order valence-corrected chi connectivity index (χ2v) is 1.93. The number of aliphatic hydroxyl groups is 1. The molecule has 1 N–H and O–H groups in total. The molecule has 0 aromatic heterocycles. The van der Waals surface area contributed by atoms with Crippen molar-refractivity contribution in [3.63, 3.8) is 0 Å². The maximum Gasteiger partial charge on any atom is 0.0721 e. The van der Waals surface area contributed by atoms with E-state index in [1.165, 1.54) is 0 Å². The number of allylic oxidation sites excluding steroid dienone is 1. The van der Waals surface area contributed by atoms with Crippen LogP contribution in [0.5, 0.6) is 0 Å². The van der Waals surface area contributed by atoms with Gasteiger partial charge >= 0.3 is 0 Å². The van der Waals surface area contributed by atoms with Crippen LogP contribution in [0.3, 0.4) is 0 Å². The van der Waals surface area contributed by atoms with Crippen LogP contribution < -0.4 is 0 Å². The van der Waals surface area contributed by atoms with Crippen LogP contribution in [0.15, 0.2) is 12.2 Å². The summed E-state index contributed by atoms with van der Waals surface area (Å²) < 4.78 is 0. The van der Waals surface area contributed by atoms with E-state index >= 15 is 0 Å². The van der Waals surface area contributed by atoms with Gasteiger partial charge in [-0.3, -0.25) is 0 Å². The van der Waals surface area contributed by atoms with Gasteiger partial charge in [-0.25, -0.2) is 0 Å². The summed E-state index contributed by atoms with van der Waals surface area (Å²) in [4.78, 5) is 0. The second kappa shape index (κ2) is 4.31. The van der Waals surface area contributed by atoms with E-state index < -0.39 is 0 Å². The number of rotatable bonds is 0. The van der Waals surface area contributed by atoms with E-state index in [0.717, 1.165) is 19.3 Å². The number of hydrogen-bond acceptors (Lipinski definition) is 1. The minimum Gasteiger partial charge on any atom is -0.389 e. The summed E-state index contributed by atoms with van der Waals surface area (Å²) in [6.07, 6.45) is 7.01. The SMILES string of the molecule is O[C@H]1C=CCCC1.[Ti]. The van der Waals surface area contributed by atoms with E-state index in [1.807, 2.05) is 12.2 Å². The molecule has 0 fully saturated rings. The van der Waals surface area contributed by atoms with Crippen molar-refractivity contribution in [2.45, 2.75) is 25.4 Å². The third-order valence-electron chi connectivity index (χ3n) is 1.23. The molecule has 1 nitrogen and oxygen atoms in total. The fraction of sp³-hybridized carbons (Fsp3) is 0.667. The monoisotopic (exact) mass is 146 g/mol. The van der Waals surface area contributed by atoms with Crippen LogP contribution in [-0.4, -0.2) is 11.2 Å². The van der Waals surface area contributed by atoms with E-state index in [1.54, 1.807) is 0 Å². The van der Waals surface area contributed by atoms with Crippen LogP contribution in [-0.2, 0) is 21.7 Å². The first kappa shape index (κ1) is 8.41. The van der Waals surface area contributed by atoms with Gasteiger partial charge in [-0.05, 0) is 19.3 Å². The molecule has 0 bridgehead atoms. The summed E-state index contributed by atoms with van der Waals surface area (Å²) >= 11 is 0. The zero-order valence-electron chi connectivity index (χ0n) is 4.80. The molecule has 0 heterocycles. The summed E-state index contributed by atoms with van der Waals surface area (Å²) in [5, 5.41) is 8.82. The maximum absolute atomic E-state index is 8.82. The first-order valence-corrected chi connectivity index (χ1v) is 2.74. The molecule has 0 saturated heterocycles. The van der Waals surface area contributed by atoms with Gasteiger partial charge < -0.3 is 5.11 Å². The van der Waals surface area contributed by atoms with Crippen molar-refractivity contribution in [1.29, 1.82) is 0 Å². The van der Waals surface area contributed by atoms with E-state index in [4.69, 9.17) is 5.11 Å². The van der Waals surface area contributed by atoms with Crippen LogP contribution in [0.1, 0.15) is 19.3 Å². The zero-order chi connectivity index (χ0) is 5.11. The molecule has 44 valence electrons. The molecular weight excluding hydrogens is 136 g/mol. The third kappa shape index (κ3) is 2.66. The standard InChI is InChI=1S/C6H10O.Ti/c7-6-4-2-1-3-5-6;/h2,4,6-7H,1,3,5H2;/t6-;/m0./s1. The normalized spacial score (nSPS) is 26.9. The fourth-order valence-electron chi connectivity index (χ4n) is 0.794. The molecule has 0 radical (unpaired) electrons. The molecule has 1 atom stereocenters. The molecule has 2 heteroatoms. The van der Waals surface area contributed by atoms with Crippen LogP contribution >= 0.6 is 0 Å². The van der Waals surface area contributed by atoms with Crippen LogP contribution in [0.2, 0.25) is 0 Å². The molecule has 0 unspecified atom stereocenters. The topological polar surface area (TPSA) is 20.2 Å². The average Bonchev–Trinajstić information content (AvgIpc) is 1.69. The Hall–Kier alpha value is 0.414. The van der Waals surface area contributed by atoms with Gasteiger partial charge in [0.1, 0.15) is 0 Å². The van der Waals surface area contributed by atoms with Crippen molar-refractivity contribution in [3.8, 4) is 0 Å². The van der Waals surface area contributed by atoms with Crippen LogP contribution in [0, 0.1) is 0 Å². The predicted molar refractivity (Wildman–Crippen MR) is 29.0 cm³/mol. The smallest absolute Gasteiger partial charge is 0.0721 e. The summed E-state index contributed by atoms with van der Waals surface area (Å²) in [6.45, 7) is 0. The van der Waals surface area contributed by atoms with Gasteiger partial charge in [0, 0.05) is 21.7 Å². The molecule has 1 aliphatic carbocycles. The van der Waals surface area contributed by atoms with Gasteiger partial charge in [-0.2, -0.15) is 0 Å². The van der Waals surface area contributed by atoms with Gasteiger partial charge in [0.25, 0.3) is 0 Å². The molecule has 0 spiro atoms. The van der Waals surface area contributed by atoms with E-state index in [2.05, 4.69) is 0 Å². The van der Waals surface area contributed by atoms with E-state index in [9.17, 15) is 0 Å². The van der Waals surface area contributed by atoms with Gasteiger partial charge in [-0.1, -0.05) is 12.2 Å². The summed E-state index contributed by atoms with van der Waals surface area (Å²) in [5.74, 6) is 0. The molecule has 0 amide bonds. The fourth-order valence-corrected chi connectivity index (χ4v) is 0.794. The van der Waals surface area contributed by atoms with Gasteiger partial charge in [0.2, 0.25) is 0 Å².